The maximum Gasteiger partial charge on any atom is 0.152 e. The van der Waals surface area contributed by atoms with E-state index in [9.17, 15) is 0 Å². The van der Waals surface area contributed by atoms with E-state index in [0.717, 1.165) is 49.5 Å². The van der Waals surface area contributed by atoms with Gasteiger partial charge < -0.3 is 14.3 Å². The van der Waals surface area contributed by atoms with Crippen molar-refractivity contribution in [3.05, 3.63) is 18.1 Å². The molecule has 1 saturated carbocycles. The van der Waals surface area contributed by atoms with Gasteiger partial charge in [0.05, 0.1) is 6.10 Å². The highest BCUT2D eigenvalue weighted by Gasteiger charge is 2.25. The van der Waals surface area contributed by atoms with Crippen molar-refractivity contribution in [2.45, 2.75) is 70.9 Å². The molecule has 1 atom stereocenters. The second kappa shape index (κ2) is 12.9. The fourth-order valence-electron chi connectivity index (χ4n) is 2.62. The molecule has 1 aliphatic carbocycles. The highest BCUT2D eigenvalue weighted by atomic mass is 32.1. The van der Waals surface area contributed by atoms with Gasteiger partial charge in [-0.25, -0.2) is 9.97 Å². The summed E-state index contributed by atoms with van der Waals surface area (Å²) in [5.74, 6) is 2.59. The third-order valence-electron chi connectivity index (χ3n) is 4.30. The first-order chi connectivity index (χ1) is 11.7. The second-order valence-electron chi connectivity index (χ2n) is 6.06. The van der Waals surface area contributed by atoms with Gasteiger partial charge >= 0.3 is 0 Å². The van der Waals surface area contributed by atoms with Crippen LogP contribution in [0.25, 0.3) is 0 Å². The molecule has 7 heteroatoms. The van der Waals surface area contributed by atoms with Crippen molar-refractivity contribution >= 4 is 27.5 Å². The summed E-state index contributed by atoms with van der Waals surface area (Å²) >= 11 is 4.22. The van der Waals surface area contributed by atoms with Gasteiger partial charge in [0.15, 0.2) is 9.03 Å². The van der Waals surface area contributed by atoms with Crippen LogP contribution in [-0.2, 0) is 10.9 Å². The third-order valence-corrected chi connectivity index (χ3v) is 4.96. The fourth-order valence-corrected chi connectivity index (χ4v) is 3.20. The number of hydrogen-bond acceptors (Lipinski definition) is 6. The Bertz CT molecular complexity index is 444. The van der Waals surface area contributed by atoms with Gasteiger partial charge in [-0.2, -0.15) is 12.6 Å². The molecule has 0 aromatic carbocycles. The molecule has 138 valence electrons. The highest BCUT2D eigenvalue weighted by molar-refractivity contribution is 7.80. The quantitative estimate of drug-likeness (QED) is 0.558. The van der Waals surface area contributed by atoms with Crippen molar-refractivity contribution in [3.63, 3.8) is 0 Å². The van der Waals surface area contributed by atoms with Crippen LogP contribution in [0.15, 0.2) is 12.3 Å². The van der Waals surface area contributed by atoms with Crippen LogP contribution >= 0.6 is 21.7 Å². The summed E-state index contributed by atoms with van der Waals surface area (Å²) in [5, 5.41) is 0. The number of nitrogens with zero attached hydrogens (tertiary/aromatic N) is 3. The highest BCUT2D eigenvalue weighted by Crippen LogP contribution is 2.29. The zero-order valence-corrected chi connectivity index (χ0v) is 17.0. The van der Waals surface area contributed by atoms with Gasteiger partial charge in [-0.15, -0.1) is 0 Å². The zero-order valence-electron chi connectivity index (χ0n) is 15.1. The number of hydrogen-bond donors (Lipinski definition) is 2. The molecule has 0 saturated heterocycles. The summed E-state index contributed by atoms with van der Waals surface area (Å²) in [6.45, 7) is 4.36. The fraction of sp³-hybridized carbons (Fsp3) is 0.765. The molecule has 1 heterocycles. The van der Waals surface area contributed by atoms with Crippen LogP contribution in [0.4, 0.5) is 5.82 Å². The van der Waals surface area contributed by atoms with Crippen LogP contribution in [0.3, 0.4) is 0 Å². The molecule has 0 radical (unpaired) electrons. The lowest BCUT2D eigenvalue weighted by atomic mass is 9.92. The lowest BCUT2D eigenvalue weighted by Crippen LogP contribution is -2.37. The molecule has 1 aromatic rings. The number of aryl methyl sites for hydroxylation is 1. The summed E-state index contributed by atoms with van der Waals surface area (Å²) in [6, 6.07) is 2.44. The Kier molecular flexibility index (Phi) is 11.6. The van der Waals surface area contributed by atoms with Crippen LogP contribution in [0, 0.1) is 0 Å². The van der Waals surface area contributed by atoms with E-state index in [2.05, 4.69) is 48.4 Å². The number of thiol groups is 1. The molecular formula is C17H32N3O2PS. The van der Waals surface area contributed by atoms with Crippen LogP contribution in [0.1, 0.15) is 58.2 Å². The topological polar surface area (TPSA) is 58.5 Å². The molecule has 1 fully saturated rings. The molecule has 0 aliphatic heterocycles. The third kappa shape index (κ3) is 7.64. The molecule has 1 aliphatic rings. The monoisotopic (exact) mass is 373 g/mol. The first-order valence-electron chi connectivity index (χ1n) is 8.86. The Morgan fingerprint density at radius 3 is 2.50 bits per heavy atom. The zero-order chi connectivity index (χ0) is 17.8. The average Bonchev–Trinajstić information content (AvgIpc) is 2.63. The minimum absolute atomic E-state index is 0.216. The second-order valence-corrected chi connectivity index (χ2v) is 6.92. The van der Waals surface area contributed by atoms with Crippen molar-refractivity contribution in [1.82, 2.24) is 9.97 Å². The molecule has 2 rings (SSSR count). The van der Waals surface area contributed by atoms with E-state index in [1.165, 1.54) is 12.8 Å². The molecule has 0 bridgehead atoms. The maximum absolute atomic E-state index is 8.82. The summed E-state index contributed by atoms with van der Waals surface area (Å²) < 4.78 is 5.30. The van der Waals surface area contributed by atoms with E-state index in [4.69, 9.17) is 9.42 Å². The maximum atomic E-state index is 8.82. The van der Waals surface area contributed by atoms with Gasteiger partial charge in [-0.3, -0.25) is 0 Å². The molecule has 1 unspecified atom stereocenters. The van der Waals surface area contributed by atoms with Gasteiger partial charge in [-0.05, 0) is 37.5 Å². The van der Waals surface area contributed by atoms with E-state index < -0.39 is 9.03 Å². The lowest BCUT2D eigenvalue weighted by molar-refractivity contribution is 0.155. The van der Waals surface area contributed by atoms with Crippen LogP contribution < -0.4 is 4.90 Å². The predicted octanol–water partition coefficient (Wildman–Crippen LogP) is 4.02. The minimum Gasteiger partial charge on any atom is -0.357 e. The SMILES string of the molecule is CCCC.CN(c1ccnc(CCS)n1)C1CCC(OPO)CC1. The summed E-state index contributed by atoms with van der Waals surface area (Å²) in [5.41, 5.74) is 0. The Morgan fingerprint density at radius 2 is 1.96 bits per heavy atom. The average molecular weight is 374 g/mol. The summed E-state index contributed by atoms with van der Waals surface area (Å²) in [6.07, 6.45) is 9.60. The molecule has 0 spiro atoms. The van der Waals surface area contributed by atoms with Crippen LogP contribution in [0.2, 0.25) is 0 Å². The Labute approximate surface area is 154 Å². The Balaban J connectivity index is 0.000000648. The largest absolute Gasteiger partial charge is 0.357 e. The minimum atomic E-state index is -0.395. The standard InChI is InChI=1S/C13H22N3O2PS.C4H10/c1-16(10-2-4-11(5-3-10)18-19-17)13-6-8-14-12(15-13)7-9-20;1-3-4-2/h6,8,10-11,17,19-20H,2-5,7,9H2,1H3;3-4H2,1-2H3. The number of aromatic nitrogens is 2. The molecular weight excluding hydrogens is 341 g/mol. The Hall–Kier alpha value is -0.420. The lowest BCUT2D eigenvalue weighted by Gasteiger charge is -2.34. The van der Waals surface area contributed by atoms with Gasteiger partial charge in [0.1, 0.15) is 11.6 Å². The Morgan fingerprint density at radius 1 is 1.29 bits per heavy atom. The number of rotatable bonds is 7. The smallest absolute Gasteiger partial charge is 0.152 e. The molecule has 1 N–H and O–H groups in total. The van der Waals surface area contributed by atoms with Crippen molar-refractivity contribution in [1.29, 1.82) is 0 Å². The predicted molar refractivity (Wildman–Crippen MR) is 106 cm³/mol. The summed E-state index contributed by atoms with van der Waals surface area (Å²) in [4.78, 5) is 19.9. The van der Waals surface area contributed by atoms with Gasteiger partial charge in [-0.1, -0.05) is 26.7 Å². The molecule has 1 aromatic heterocycles. The van der Waals surface area contributed by atoms with E-state index in [1.54, 1.807) is 0 Å². The summed E-state index contributed by atoms with van der Waals surface area (Å²) in [7, 11) is 1.69. The number of unbranched alkanes of at least 4 members (excludes halogenated alkanes) is 1. The molecule has 5 nitrogen and oxygen atoms in total. The molecule has 24 heavy (non-hydrogen) atoms. The van der Waals surface area contributed by atoms with E-state index in [-0.39, 0.29) is 6.10 Å². The van der Waals surface area contributed by atoms with E-state index >= 15 is 0 Å². The molecule has 0 amide bonds. The van der Waals surface area contributed by atoms with Crippen molar-refractivity contribution in [3.8, 4) is 0 Å². The van der Waals surface area contributed by atoms with Gasteiger partial charge in [0.2, 0.25) is 0 Å². The van der Waals surface area contributed by atoms with Crippen molar-refractivity contribution in [2.75, 3.05) is 17.7 Å². The van der Waals surface area contributed by atoms with Crippen LogP contribution in [-0.4, -0.2) is 39.8 Å². The van der Waals surface area contributed by atoms with Crippen molar-refractivity contribution < 1.29 is 9.42 Å². The first-order valence-corrected chi connectivity index (χ1v) is 10.3. The van der Waals surface area contributed by atoms with Gasteiger partial charge in [0.25, 0.3) is 0 Å². The first kappa shape index (κ1) is 21.6. The van der Waals surface area contributed by atoms with E-state index in [0.29, 0.717) is 6.04 Å². The van der Waals surface area contributed by atoms with E-state index in [1.807, 2.05) is 12.3 Å². The van der Waals surface area contributed by atoms with Crippen LogP contribution in [0.5, 0.6) is 0 Å². The normalized spacial score (nSPS) is 20.7. The van der Waals surface area contributed by atoms with Gasteiger partial charge in [0, 0.05) is 25.7 Å². The number of anilines is 1. The van der Waals surface area contributed by atoms with Crippen molar-refractivity contribution in [2.24, 2.45) is 0 Å².